The molecule has 17 heavy (non-hydrogen) atoms. The van der Waals surface area contributed by atoms with Crippen LogP contribution < -0.4 is 4.74 Å². The number of benzene rings is 1. The van der Waals surface area contributed by atoms with Gasteiger partial charge in [-0.05, 0) is 43.2 Å². The molecular weight excluding hydrogens is 240 g/mol. The lowest BCUT2D eigenvalue weighted by Crippen LogP contribution is -2.23. The molecule has 1 unspecified atom stereocenters. The van der Waals surface area contributed by atoms with Crippen molar-refractivity contribution >= 4 is 11.6 Å². The summed E-state index contributed by atoms with van der Waals surface area (Å²) in [5.74, 6) is 1.30. The van der Waals surface area contributed by atoms with Crippen molar-refractivity contribution in [2.75, 3.05) is 13.2 Å². The summed E-state index contributed by atoms with van der Waals surface area (Å²) >= 11 is 5.76. The Labute approximate surface area is 106 Å². The molecule has 0 amide bonds. The van der Waals surface area contributed by atoms with Gasteiger partial charge in [-0.1, -0.05) is 11.6 Å². The molecule has 4 heteroatoms. The molecule has 0 saturated heterocycles. The van der Waals surface area contributed by atoms with Crippen molar-refractivity contribution in [3.63, 3.8) is 0 Å². The Hall–Kier alpha value is -1.19. The largest absolute Gasteiger partial charge is 0.495 e. The first kappa shape index (κ1) is 12.3. The van der Waals surface area contributed by atoms with Gasteiger partial charge in [0.1, 0.15) is 24.2 Å². The van der Waals surface area contributed by atoms with Crippen LogP contribution in [-0.4, -0.2) is 24.4 Å². The van der Waals surface area contributed by atoms with E-state index in [9.17, 15) is 5.11 Å². The van der Waals surface area contributed by atoms with Crippen LogP contribution in [0.1, 0.15) is 12.8 Å². The van der Waals surface area contributed by atoms with E-state index in [0.29, 0.717) is 23.1 Å². The minimum absolute atomic E-state index is 0.188. The summed E-state index contributed by atoms with van der Waals surface area (Å²) in [6.45, 7) is 0.858. The molecular formula is C13H15ClO3. The first-order valence-corrected chi connectivity index (χ1v) is 6.03. The maximum absolute atomic E-state index is 9.85. The molecule has 1 aliphatic rings. The van der Waals surface area contributed by atoms with E-state index in [1.165, 1.54) is 0 Å². The molecule has 1 aliphatic heterocycles. The fourth-order valence-corrected chi connectivity index (χ4v) is 1.72. The van der Waals surface area contributed by atoms with Gasteiger partial charge >= 0.3 is 0 Å². The second-order valence-corrected chi connectivity index (χ2v) is 4.31. The van der Waals surface area contributed by atoms with E-state index < -0.39 is 6.10 Å². The summed E-state index contributed by atoms with van der Waals surface area (Å²) in [4.78, 5) is 0. The minimum atomic E-state index is -0.703. The van der Waals surface area contributed by atoms with Crippen LogP contribution in [-0.2, 0) is 4.74 Å². The van der Waals surface area contributed by atoms with Crippen molar-refractivity contribution in [1.82, 2.24) is 0 Å². The van der Waals surface area contributed by atoms with Gasteiger partial charge in [0.25, 0.3) is 0 Å². The quantitative estimate of drug-likeness (QED) is 0.898. The Balaban J connectivity index is 1.85. The molecule has 0 saturated carbocycles. The summed E-state index contributed by atoms with van der Waals surface area (Å²) in [6.07, 6.45) is 3.17. The van der Waals surface area contributed by atoms with Gasteiger partial charge in [-0.15, -0.1) is 0 Å². The SMILES string of the molecule is OC(COc1ccc(Cl)cc1)C1=CCCCO1. The first-order valence-electron chi connectivity index (χ1n) is 5.65. The Kier molecular flexibility index (Phi) is 4.29. The fraction of sp³-hybridized carbons (Fsp3) is 0.385. The second-order valence-electron chi connectivity index (χ2n) is 3.88. The van der Waals surface area contributed by atoms with E-state index in [2.05, 4.69) is 0 Å². The predicted molar refractivity (Wildman–Crippen MR) is 66.2 cm³/mol. The maximum atomic E-state index is 9.85. The van der Waals surface area contributed by atoms with Crippen LogP contribution in [0, 0.1) is 0 Å². The third-order valence-electron chi connectivity index (χ3n) is 2.51. The van der Waals surface area contributed by atoms with Crippen LogP contribution in [0.3, 0.4) is 0 Å². The molecule has 1 atom stereocenters. The van der Waals surface area contributed by atoms with Crippen molar-refractivity contribution in [3.8, 4) is 5.75 Å². The van der Waals surface area contributed by atoms with Gasteiger partial charge in [-0.3, -0.25) is 0 Å². The summed E-state index contributed by atoms with van der Waals surface area (Å²) in [7, 11) is 0. The molecule has 3 nitrogen and oxygen atoms in total. The molecule has 0 fully saturated rings. The molecule has 0 spiro atoms. The van der Waals surface area contributed by atoms with Crippen LogP contribution in [0.5, 0.6) is 5.75 Å². The highest BCUT2D eigenvalue weighted by Gasteiger charge is 2.15. The maximum Gasteiger partial charge on any atom is 0.144 e. The highest BCUT2D eigenvalue weighted by atomic mass is 35.5. The topological polar surface area (TPSA) is 38.7 Å². The molecule has 1 aromatic carbocycles. The fourth-order valence-electron chi connectivity index (χ4n) is 1.60. The Morgan fingerprint density at radius 2 is 2.12 bits per heavy atom. The third-order valence-corrected chi connectivity index (χ3v) is 2.76. The zero-order chi connectivity index (χ0) is 12.1. The van der Waals surface area contributed by atoms with E-state index in [1.54, 1.807) is 24.3 Å². The standard InChI is InChI=1S/C13H15ClO3/c14-10-4-6-11(7-5-10)17-9-12(15)13-3-1-2-8-16-13/h3-7,12,15H,1-2,8-9H2. The van der Waals surface area contributed by atoms with Gasteiger partial charge in [0.15, 0.2) is 0 Å². The highest BCUT2D eigenvalue weighted by Crippen LogP contribution is 2.18. The van der Waals surface area contributed by atoms with Crippen LogP contribution in [0.2, 0.25) is 5.02 Å². The van der Waals surface area contributed by atoms with Gasteiger partial charge in [-0.25, -0.2) is 0 Å². The van der Waals surface area contributed by atoms with Crippen LogP contribution in [0.25, 0.3) is 0 Å². The van der Waals surface area contributed by atoms with Gasteiger partial charge in [0, 0.05) is 5.02 Å². The first-order chi connectivity index (χ1) is 8.25. The second kappa shape index (κ2) is 5.94. The number of halogens is 1. The molecule has 1 N–H and O–H groups in total. The summed E-state index contributed by atoms with van der Waals surface area (Å²) in [5.41, 5.74) is 0. The van der Waals surface area contributed by atoms with Crippen molar-refractivity contribution < 1.29 is 14.6 Å². The van der Waals surface area contributed by atoms with E-state index >= 15 is 0 Å². The molecule has 2 rings (SSSR count). The molecule has 0 bridgehead atoms. The molecule has 92 valence electrons. The van der Waals surface area contributed by atoms with Crippen LogP contribution in [0.15, 0.2) is 36.1 Å². The zero-order valence-corrected chi connectivity index (χ0v) is 10.2. The molecule has 1 heterocycles. The number of hydrogen-bond acceptors (Lipinski definition) is 3. The Morgan fingerprint density at radius 1 is 1.35 bits per heavy atom. The van der Waals surface area contributed by atoms with Crippen LogP contribution in [0.4, 0.5) is 0 Å². The Morgan fingerprint density at radius 3 is 2.76 bits per heavy atom. The number of ether oxygens (including phenoxy) is 2. The van der Waals surface area contributed by atoms with Crippen molar-refractivity contribution in [2.24, 2.45) is 0 Å². The van der Waals surface area contributed by atoms with E-state index in [4.69, 9.17) is 21.1 Å². The van der Waals surface area contributed by atoms with E-state index in [-0.39, 0.29) is 6.61 Å². The number of aliphatic hydroxyl groups is 1. The number of rotatable bonds is 4. The Bertz CT molecular complexity index is 386. The lowest BCUT2D eigenvalue weighted by atomic mass is 10.2. The van der Waals surface area contributed by atoms with Gasteiger partial charge in [-0.2, -0.15) is 0 Å². The van der Waals surface area contributed by atoms with Crippen molar-refractivity contribution in [2.45, 2.75) is 18.9 Å². The zero-order valence-electron chi connectivity index (χ0n) is 9.43. The van der Waals surface area contributed by atoms with E-state index in [1.807, 2.05) is 6.08 Å². The number of allylic oxidation sites excluding steroid dienone is 1. The summed E-state index contributed by atoms with van der Waals surface area (Å²) in [5, 5.41) is 10.5. The predicted octanol–water partition coefficient (Wildman–Crippen LogP) is 2.77. The average Bonchev–Trinajstić information content (AvgIpc) is 2.39. The monoisotopic (exact) mass is 254 g/mol. The van der Waals surface area contributed by atoms with Crippen molar-refractivity contribution in [1.29, 1.82) is 0 Å². The third kappa shape index (κ3) is 3.65. The van der Waals surface area contributed by atoms with Gasteiger partial charge in [0.05, 0.1) is 6.61 Å². The highest BCUT2D eigenvalue weighted by molar-refractivity contribution is 6.30. The van der Waals surface area contributed by atoms with Crippen LogP contribution >= 0.6 is 11.6 Å². The normalized spacial score (nSPS) is 16.9. The lowest BCUT2D eigenvalue weighted by Gasteiger charge is -2.20. The molecule has 0 aliphatic carbocycles. The molecule has 0 radical (unpaired) electrons. The average molecular weight is 255 g/mol. The number of aliphatic hydroxyl groups excluding tert-OH is 1. The summed E-state index contributed by atoms with van der Waals surface area (Å²) in [6, 6.07) is 7.04. The van der Waals surface area contributed by atoms with Gasteiger partial charge < -0.3 is 14.6 Å². The van der Waals surface area contributed by atoms with Gasteiger partial charge in [0.2, 0.25) is 0 Å². The number of hydrogen-bond donors (Lipinski definition) is 1. The molecule has 0 aromatic heterocycles. The van der Waals surface area contributed by atoms with Crippen molar-refractivity contribution in [3.05, 3.63) is 41.1 Å². The summed E-state index contributed by atoms with van der Waals surface area (Å²) < 4.78 is 10.8. The smallest absolute Gasteiger partial charge is 0.144 e. The minimum Gasteiger partial charge on any atom is -0.495 e. The van der Waals surface area contributed by atoms with E-state index in [0.717, 1.165) is 12.8 Å². The lowest BCUT2D eigenvalue weighted by molar-refractivity contribution is 0.0597. The molecule has 1 aromatic rings.